The first-order valence-electron chi connectivity index (χ1n) is 20.1. The number of ether oxygens (including phenoxy) is 3. The van der Waals surface area contributed by atoms with Crippen molar-refractivity contribution in [2.45, 2.75) is 224 Å². The summed E-state index contributed by atoms with van der Waals surface area (Å²) in [5.41, 5.74) is 1.06. The summed E-state index contributed by atoms with van der Waals surface area (Å²) in [5, 5.41) is 0. The average molecular weight is 723 g/mol. The van der Waals surface area contributed by atoms with Crippen molar-refractivity contribution in [3.8, 4) is 0 Å². The number of hydrogen-bond acceptors (Lipinski definition) is 6. The van der Waals surface area contributed by atoms with Crippen LogP contribution in [0.1, 0.15) is 141 Å². The van der Waals surface area contributed by atoms with E-state index in [0.717, 1.165) is 58.3 Å². The number of rotatable bonds is 16. The van der Waals surface area contributed by atoms with Crippen LogP contribution in [0.25, 0.3) is 0 Å². The highest BCUT2D eigenvalue weighted by Gasteiger charge is 2.46. The van der Waals surface area contributed by atoms with Crippen LogP contribution in [0, 0.1) is 0 Å². The molecule has 3 fully saturated rings. The van der Waals surface area contributed by atoms with E-state index in [-0.39, 0.29) is 33.2 Å². The largest absolute Gasteiger partial charge is 0.378 e. The quantitative estimate of drug-likeness (QED) is 0.117. The van der Waals surface area contributed by atoms with E-state index in [0.29, 0.717) is 18.3 Å². The zero-order chi connectivity index (χ0) is 37.3. The molecule has 0 aromatic heterocycles. The minimum atomic E-state index is -1.44. The van der Waals surface area contributed by atoms with Crippen LogP contribution in [-0.2, 0) is 14.2 Å². The number of likely N-dealkylation sites (tertiary alicyclic amines) is 3. The van der Waals surface area contributed by atoms with E-state index in [1.54, 1.807) is 0 Å². The van der Waals surface area contributed by atoms with E-state index in [1.807, 2.05) is 0 Å². The van der Waals surface area contributed by atoms with E-state index >= 15 is 0 Å². The lowest BCUT2D eigenvalue weighted by Gasteiger charge is -2.53. The van der Waals surface area contributed by atoms with E-state index in [9.17, 15) is 0 Å². The summed E-state index contributed by atoms with van der Waals surface area (Å²) in [7, 11) is 4.97. The SMILES string of the molecule is CN1C(C)(C)CC(OCCC[Si](C)[Si](C)(CCCOC2CC(C)(C)N(C)C(C)(C)C2)CCCOC2CC(C)(C)N(C)C(C)(C)C2)CC1(C)C. The molecule has 3 aliphatic rings. The third-order valence-corrected chi connectivity index (χ3v) is 28.9. The van der Waals surface area contributed by atoms with Crippen LogP contribution in [0.4, 0.5) is 0 Å². The van der Waals surface area contributed by atoms with Crippen molar-refractivity contribution < 1.29 is 14.2 Å². The fraction of sp³-hybridized carbons (Fsp3) is 1.00. The van der Waals surface area contributed by atoms with Crippen molar-refractivity contribution in [2.24, 2.45) is 0 Å². The number of piperidine rings is 3. The van der Waals surface area contributed by atoms with Crippen molar-refractivity contribution in [3.63, 3.8) is 0 Å². The summed E-state index contributed by atoms with van der Waals surface area (Å²) in [6.45, 7) is 36.7. The second-order valence-electron chi connectivity index (χ2n) is 20.9. The fourth-order valence-electron chi connectivity index (χ4n) is 10.1. The maximum Gasteiger partial charge on any atom is 0.0610 e. The molecule has 49 heavy (non-hydrogen) atoms. The summed E-state index contributed by atoms with van der Waals surface area (Å²) in [6, 6.07) is 4.16. The fourth-order valence-corrected chi connectivity index (χ4v) is 20.3. The first-order chi connectivity index (χ1) is 22.2. The molecule has 0 aliphatic carbocycles. The molecule has 8 heteroatoms. The van der Waals surface area contributed by atoms with Gasteiger partial charge in [0.05, 0.1) is 18.3 Å². The third-order valence-electron chi connectivity index (χ3n) is 14.3. The normalized spacial score (nSPS) is 26.8. The van der Waals surface area contributed by atoms with Gasteiger partial charge in [-0.15, -0.1) is 0 Å². The van der Waals surface area contributed by atoms with Gasteiger partial charge in [-0.3, -0.25) is 14.7 Å². The van der Waals surface area contributed by atoms with Crippen LogP contribution < -0.4 is 0 Å². The van der Waals surface area contributed by atoms with Gasteiger partial charge in [0.1, 0.15) is 0 Å². The monoisotopic (exact) mass is 723 g/mol. The predicted molar refractivity (Wildman–Crippen MR) is 216 cm³/mol. The van der Waals surface area contributed by atoms with Crippen LogP contribution in [0.2, 0.25) is 31.2 Å². The van der Waals surface area contributed by atoms with E-state index < -0.39 is 15.9 Å². The highest BCUT2D eigenvalue weighted by molar-refractivity contribution is 7.32. The van der Waals surface area contributed by atoms with Gasteiger partial charge in [-0.1, -0.05) is 31.2 Å². The molecule has 0 saturated carbocycles. The van der Waals surface area contributed by atoms with Crippen LogP contribution in [-0.4, -0.2) is 123 Å². The van der Waals surface area contributed by atoms with Crippen LogP contribution in [0.5, 0.6) is 0 Å². The molecule has 289 valence electrons. The molecular formula is C41H84N3O3Si2. The Kier molecular flexibility index (Phi) is 14.5. The molecule has 3 aliphatic heterocycles. The molecule has 0 aromatic rings. The second-order valence-corrected chi connectivity index (χ2v) is 33.3. The number of nitrogens with zero attached hydrogens (tertiary/aromatic N) is 3. The smallest absolute Gasteiger partial charge is 0.0610 e. The van der Waals surface area contributed by atoms with E-state index in [4.69, 9.17) is 14.2 Å². The minimum Gasteiger partial charge on any atom is -0.378 e. The van der Waals surface area contributed by atoms with Gasteiger partial charge in [-0.25, -0.2) is 0 Å². The lowest BCUT2D eigenvalue weighted by molar-refractivity contribution is -0.0916. The molecule has 0 amide bonds. The van der Waals surface area contributed by atoms with Crippen LogP contribution in [0.15, 0.2) is 0 Å². The summed E-state index contributed by atoms with van der Waals surface area (Å²) in [4.78, 5) is 7.67. The van der Waals surface area contributed by atoms with Crippen LogP contribution in [0.3, 0.4) is 0 Å². The van der Waals surface area contributed by atoms with Crippen molar-refractivity contribution in [3.05, 3.63) is 0 Å². The molecule has 6 nitrogen and oxygen atoms in total. The molecule has 1 radical (unpaired) electrons. The van der Waals surface area contributed by atoms with Crippen molar-refractivity contribution in [1.82, 2.24) is 14.7 Å². The highest BCUT2D eigenvalue weighted by Crippen LogP contribution is 2.41. The summed E-state index contributed by atoms with van der Waals surface area (Å²) in [6.07, 6.45) is 11.5. The Hall–Kier alpha value is 0.194. The number of hydrogen-bond donors (Lipinski definition) is 0. The van der Waals surface area contributed by atoms with Crippen molar-refractivity contribution in [1.29, 1.82) is 0 Å². The van der Waals surface area contributed by atoms with Crippen LogP contribution >= 0.6 is 0 Å². The second kappa shape index (κ2) is 16.3. The van der Waals surface area contributed by atoms with Gasteiger partial charge >= 0.3 is 0 Å². The van der Waals surface area contributed by atoms with E-state index in [2.05, 4.69) is 132 Å². The first kappa shape index (κ1) is 43.6. The Morgan fingerprint density at radius 3 is 1.00 bits per heavy atom. The molecule has 3 rings (SSSR count). The lowest BCUT2D eigenvalue weighted by Crippen LogP contribution is -2.60. The van der Waals surface area contributed by atoms with Gasteiger partial charge in [0.2, 0.25) is 0 Å². The molecule has 3 heterocycles. The molecule has 3 saturated heterocycles. The maximum absolute atomic E-state index is 6.69. The average Bonchev–Trinajstić information content (AvgIpc) is 2.95. The molecule has 0 N–H and O–H groups in total. The zero-order valence-electron chi connectivity index (χ0n) is 35.9. The lowest BCUT2D eigenvalue weighted by atomic mass is 9.79. The summed E-state index contributed by atoms with van der Waals surface area (Å²) < 4.78 is 20.0. The molecule has 0 spiro atoms. The Morgan fingerprint density at radius 2 is 0.735 bits per heavy atom. The van der Waals surface area contributed by atoms with Gasteiger partial charge in [0.15, 0.2) is 0 Å². The highest BCUT2D eigenvalue weighted by atomic mass is 29.2. The summed E-state index contributed by atoms with van der Waals surface area (Å²) >= 11 is 0. The molecular weight excluding hydrogens is 639 g/mol. The standard InChI is InChI=1S/C41H84N3O3Si2/c1-36(2)27-33(28-37(3,4)42(36)13)45-21-18-24-48(16)49(17,25-19-22-46-34-29-38(5,6)43(14)39(7,8)30-34)26-20-23-47-35-31-40(9,10)44(15)41(11,12)32-35/h33-35H,18-32H2,1-17H3. The third kappa shape index (κ3) is 11.3. The van der Waals surface area contributed by atoms with Gasteiger partial charge < -0.3 is 14.2 Å². The van der Waals surface area contributed by atoms with Gasteiger partial charge in [-0.2, -0.15) is 0 Å². The Balaban J connectivity index is 1.55. The maximum atomic E-state index is 6.69. The predicted octanol–water partition coefficient (Wildman–Crippen LogP) is 9.44. The van der Waals surface area contributed by atoms with Crippen molar-refractivity contribution >= 4 is 15.9 Å². The Bertz CT molecular complexity index is 941. The minimum absolute atomic E-state index is 0.175. The van der Waals surface area contributed by atoms with E-state index in [1.165, 1.54) is 37.4 Å². The molecule has 0 atom stereocenters. The summed E-state index contributed by atoms with van der Waals surface area (Å²) in [5.74, 6) is 0. The molecule has 0 bridgehead atoms. The molecule has 0 unspecified atom stereocenters. The topological polar surface area (TPSA) is 37.4 Å². The molecule has 0 aromatic carbocycles. The van der Waals surface area contributed by atoms with Gasteiger partial charge in [-0.05, 0) is 162 Å². The Labute approximate surface area is 308 Å². The van der Waals surface area contributed by atoms with Gasteiger partial charge in [0.25, 0.3) is 0 Å². The Morgan fingerprint density at radius 1 is 0.490 bits per heavy atom. The van der Waals surface area contributed by atoms with Crippen molar-refractivity contribution in [2.75, 3.05) is 41.0 Å². The zero-order valence-corrected chi connectivity index (χ0v) is 37.9. The first-order valence-corrected chi connectivity index (χ1v) is 26.3. The van der Waals surface area contributed by atoms with Gasteiger partial charge in [0, 0.05) is 69.0 Å².